The molecule has 4 nitrogen and oxygen atoms in total. The van der Waals surface area contributed by atoms with Gasteiger partial charge in [-0.15, -0.1) is 0 Å². The fourth-order valence-electron chi connectivity index (χ4n) is 2.98. The van der Waals surface area contributed by atoms with E-state index in [0.29, 0.717) is 33.4 Å². The topological polar surface area (TPSA) is 57.6 Å². The first-order chi connectivity index (χ1) is 11.4. The van der Waals surface area contributed by atoms with Gasteiger partial charge < -0.3 is 10.0 Å². The fraction of sp³-hybridized carbons (Fsp3) is 0.222. The zero-order valence-electron chi connectivity index (χ0n) is 12.9. The summed E-state index contributed by atoms with van der Waals surface area (Å²) in [4.78, 5) is 26.7. The molecule has 1 aliphatic heterocycles. The van der Waals surface area contributed by atoms with Gasteiger partial charge in [-0.25, -0.2) is 0 Å². The molecule has 0 saturated heterocycles. The van der Waals surface area contributed by atoms with Gasteiger partial charge in [0.2, 0.25) is 0 Å². The Morgan fingerprint density at radius 1 is 1.12 bits per heavy atom. The molecular formula is C18H15Cl2NO3. The Morgan fingerprint density at radius 2 is 1.75 bits per heavy atom. The van der Waals surface area contributed by atoms with Crippen molar-refractivity contribution in [1.29, 1.82) is 0 Å². The van der Waals surface area contributed by atoms with Crippen molar-refractivity contribution in [2.75, 3.05) is 11.4 Å². The van der Waals surface area contributed by atoms with Crippen LogP contribution in [0.4, 0.5) is 5.69 Å². The highest BCUT2D eigenvalue weighted by Crippen LogP contribution is 2.43. The third-order valence-corrected chi connectivity index (χ3v) is 4.68. The Balaban J connectivity index is 2.00. The molecule has 1 amide bonds. The summed E-state index contributed by atoms with van der Waals surface area (Å²) in [6.07, 6.45) is -0.350. The summed E-state index contributed by atoms with van der Waals surface area (Å²) >= 11 is 11.8. The first-order valence-electron chi connectivity index (χ1n) is 7.50. The minimum absolute atomic E-state index is 0.341. The van der Waals surface area contributed by atoms with E-state index in [1.807, 2.05) is 6.92 Å². The molecule has 2 aromatic rings. The lowest BCUT2D eigenvalue weighted by molar-refractivity contribution is -0.135. The Bertz CT molecular complexity index is 820. The molecule has 1 N–H and O–H groups in total. The monoisotopic (exact) mass is 363 g/mol. The summed E-state index contributed by atoms with van der Waals surface area (Å²) < 4.78 is 0. The van der Waals surface area contributed by atoms with Crippen LogP contribution in [0.2, 0.25) is 10.0 Å². The second kappa shape index (κ2) is 6.20. The number of ketones is 1. The maximum absolute atomic E-state index is 12.7. The number of nitrogens with zero attached hydrogens (tertiary/aromatic N) is 1. The quantitative estimate of drug-likeness (QED) is 0.840. The van der Waals surface area contributed by atoms with Crippen LogP contribution in [0.3, 0.4) is 0 Å². The Hall–Kier alpha value is -1.88. The number of carbonyl (C=O) groups is 2. The first kappa shape index (κ1) is 17.0. The van der Waals surface area contributed by atoms with E-state index >= 15 is 0 Å². The summed E-state index contributed by atoms with van der Waals surface area (Å²) in [6.45, 7) is 2.20. The van der Waals surface area contributed by atoms with Crippen LogP contribution in [-0.4, -0.2) is 23.3 Å². The predicted molar refractivity (Wildman–Crippen MR) is 93.8 cm³/mol. The van der Waals surface area contributed by atoms with Gasteiger partial charge in [0.05, 0.1) is 12.1 Å². The van der Waals surface area contributed by atoms with E-state index in [-0.39, 0.29) is 12.2 Å². The number of hydrogen-bond donors (Lipinski definition) is 1. The zero-order chi connectivity index (χ0) is 17.5. The molecule has 0 bridgehead atoms. The summed E-state index contributed by atoms with van der Waals surface area (Å²) in [5.41, 5.74) is -0.575. The van der Waals surface area contributed by atoms with Crippen molar-refractivity contribution < 1.29 is 14.7 Å². The van der Waals surface area contributed by atoms with E-state index in [9.17, 15) is 14.7 Å². The van der Waals surface area contributed by atoms with Gasteiger partial charge in [0, 0.05) is 27.7 Å². The largest absolute Gasteiger partial charge is 0.375 e. The molecule has 0 aromatic heterocycles. The average Bonchev–Trinajstić information content (AvgIpc) is 2.76. The lowest BCUT2D eigenvalue weighted by atomic mass is 9.88. The van der Waals surface area contributed by atoms with E-state index in [2.05, 4.69) is 0 Å². The SMILES string of the molecule is CCN1C(=O)C(O)(CC(=O)c2ccc(Cl)cc2)c2cc(Cl)ccc21. The standard InChI is InChI=1S/C18H15Cl2NO3/c1-2-21-15-8-7-13(20)9-14(15)18(24,17(21)23)10-16(22)11-3-5-12(19)6-4-11/h3-9,24H,2,10H2,1H3. The van der Waals surface area contributed by atoms with E-state index in [1.54, 1.807) is 42.5 Å². The minimum atomic E-state index is -1.91. The van der Waals surface area contributed by atoms with E-state index in [4.69, 9.17) is 23.2 Å². The van der Waals surface area contributed by atoms with Crippen LogP contribution in [0.15, 0.2) is 42.5 Å². The molecule has 0 radical (unpaired) electrons. The normalized spacial score (nSPS) is 19.5. The number of benzene rings is 2. The highest BCUT2D eigenvalue weighted by atomic mass is 35.5. The number of rotatable bonds is 4. The van der Waals surface area contributed by atoms with Crippen molar-refractivity contribution in [3.8, 4) is 0 Å². The molecule has 1 atom stereocenters. The van der Waals surface area contributed by atoms with E-state index in [0.717, 1.165) is 0 Å². The van der Waals surface area contributed by atoms with Crippen LogP contribution >= 0.6 is 23.2 Å². The van der Waals surface area contributed by atoms with Crippen molar-refractivity contribution in [2.45, 2.75) is 18.9 Å². The molecule has 0 aliphatic carbocycles. The van der Waals surface area contributed by atoms with Gasteiger partial charge in [-0.05, 0) is 49.4 Å². The number of aliphatic hydroxyl groups is 1. The molecule has 1 heterocycles. The minimum Gasteiger partial charge on any atom is -0.375 e. The van der Waals surface area contributed by atoms with Gasteiger partial charge in [0.25, 0.3) is 5.91 Å². The second-order valence-corrected chi connectivity index (χ2v) is 6.55. The van der Waals surface area contributed by atoms with Gasteiger partial charge in [0.1, 0.15) is 0 Å². The number of fused-ring (bicyclic) bond motifs is 1. The second-order valence-electron chi connectivity index (χ2n) is 5.68. The molecule has 6 heteroatoms. The number of halogens is 2. The van der Waals surface area contributed by atoms with Crippen LogP contribution < -0.4 is 4.90 Å². The van der Waals surface area contributed by atoms with Crippen molar-refractivity contribution in [2.24, 2.45) is 0 Å². The van der Waals surface area contributed by atoms with Crippen LogP contribution in [0.1, 0.15) is 29.3 Å². The smallest absolute Gasteiger partial charge is 0.264 e. The fourth-order valence-corrected chi connectivity index (χ4v) is 3.28. The van der Waals surface area contributed by atoms with Crippen molar-refractivity contribution in [1.82, 2.24) is 0 Å². The molecule has 1 aliphatic rings. The first-order valence-corrected chi connectivity index (χ1v) is 8.25. The number of anilines is 1. The van der Waals surface area contributed by atoms with Gasteiger partial charge in [-0.2, -0.15) is 0 Å². The predicted octanol–water partition coefficient (Wildman–Crippen LogP) is 3.82. The molecule has 2 aromatic carbocycles. The van der Waals surface area contributed by atoms with Crippen molar-refractivity contribution >= 4 is 40.6 Å². The number of amides is 1. The van der Waals surface area contributed by atoms with Gasteiger partial charge in [0.15, 0.2) is 11.4 Å². The lowest BCUT2D eigenvalue weighted by Gasteiger charge is -2.22. The van der Waals surface area contributed by atoms with Crippen molar-refractivity contribution in [3.63, 3.8) is 0 Å². The molecule has 0 spiro atoms. The third kappa shape index (κ3) is 2.71. The molecule has 1 unspecified atom stereocenters. The lowest BCUT2D eigenvalue weighted by Crippen LogP contribution is -2.41. The number of carbonyl (C=O) groups excluding carboxylic acids is 2. The maximum Gasteiger partial charge on any atom is 0.264 e. The summed E-state index contributed by atoms with van der Waals surface area (Å²) in [6, 6.07) is 11.2. The Labute approximate surface area is 149 Å². The van der Waals surface area contributed by atoms with Crippen LogP contribution in [0.25, 0.3) is 0 Å². The molecule has 24 heavy (non-hydrogen) atoms. The number of hydrogen-bond acceptors (Lipinski definition) is 3. The average molecular weight is 364 g/mol. The highest BCUT2D eigenvalue weighted by Gasteiger charge is 2.50. The zero-order valence-corrected chi connectivity index (χ0v) is 14.4. The number of likely N-dealkylation sites (N-methyl/N-ethyl adjacent to an activating group) is 1. The summed E-state index contributed by atoms with van der Waals surface area (Å²) in [5, 5.41) is 11.9. The molecule has 124 valence electrons. The third-order valence-electron chi connectivity index (χ3n) is 4.19. The van der Waals surface area contributed by atoms with Gasteiger partial charge >= 0.3 is 0 Å². The van der Waals surface area contributed by atoms with Gasteiger partial charge in [-0.1, -0.05) is 23.2 Å². The highest BCUT2D eigenvalue weighted by molar-refractivity contribution is 6.31. The number of Topliss-reactive ketones (excluding diaryl/α,β-unsaturated/α-hetero) is 1. The molecule has 0 saturated carbocycles. The van der Waals surface area contributed by atoms with Crippen LogP contribution in [0.5, 0.6) is 0 Å². The summed E-state index contributed by atoms with van der Waals surface area (Å²) in [7, 11) is 0. The maximum atomic E-state index is 12.7. The summed E-state index contributed by atoms with van der Waals surface area (Å²) in [5.74, 6) is -0.851. The Kier molecular flexibility index (Phi) is 4.38. The molecular weight excluding hydrogens is 349 g/mol. The molecule has 3 rings (SSSR count). The van der Waals surface area contributed by atoms with Crippen LogP contribution in [-0.2, 0) is 10.4 Å². The Morgan fingerprint density at radius 3 is 2.38 bits per heavy atom. The van der Waals surface area contributed by atoms with E-state index in [1.165, 1.54) is 4.90 Å². The van der Waals surface area contributed by atoms with Crippen molar-refractivity contribution in [3.05, 3.63) is 63.6 Å². The van der Waals surface area contributed by atoms with E-state index < -0.39 is 11.5 Å². The van der Waals surface area contributed by atoms with Gasteiger partial charge in [-0.3, -0.25) is 9.59 Å². The van der Waals surface area contributed by atoms with Crippen LogP contribution in [0, 0.1) is 0 Å². The molecule has 0 fully saturated rings.